The van der Waals surface area contributed by atoms with Crippen molar-refractivity contribution in [1.82, 2.24) is 4.72 Å². The Morgan fingerprint density at radius 1 is 1.21 bits per heavy atom. The first kappa shape index (κ1) is 18.6. The van der Waals surface area contributed by atoms with Gasteiger partial charge in [-0.15, -0.1) is 0 Å². The molecule has 0 radical (unpaired) electrons. The number of anilines is 1. The Labute approximate surface area is 148 Å². The van der Waals surface area contributed by atoms with E-state index in [0.29, 0.717) is 5.69 Å². The number of aryl methyl sites for hydroxylation is 1. The molecule has 0 aliphatic rings. The van der Waals surface area contributed by atoms with Crippen LogP contribution < -0.4 is 10.0 Å². The highest BCUT2D eigenvalue weighted by Crippen LogP contribution is 2.20. The predicted molar refractivity (Wildman–Crippen MR) is 93.7 cm³/mol. The van der Waals surface area contributed by atoms with Crippen molar-refractivity contribution in [3.05, 3.63) is 58.3 Å². The van der Waals surface area contributed by atoms with Crippen molar-refractivity contribution >= 4 is 37.5 Å². The summed E-state index contributed by atoms with van der Waals surface area (Å²) in [4.78, 5) is 11.7. The zero-order valence-corrected chi connectivity index (χ0v) is 15.4. The Morgan fingerprint density at radius 3 is 2.50 bits per heavy atom. The van der Waals surface area contributed by atoms with Crippen molar-refractivity contribution in [2.24, 2.45) is 0 Å². The van der Waals surface area contributed by atoms with E-state index in [4.69, 9.17) is 0 Å². The molecule has 2 aromatic rings. The predicted octanol–water partition coefficient (Wildman–Crippen LogP) is 3.20. The third-order valence-electron chi connectivity index (χ3n) is 3.28. The molecule has 0 saturated heterocycles. The number of sulfonamides is 1. The van der Waals surface area contributed by atoms with Gasteiger partial charge in [0.15, 0.2) is 0 Å². The number of rotatable bonds is 5. The van der Waals surface area contributed by atoms with Gasteiger partial charge in [0.1, 0.15) is 10.7 Å². The van der Waals surface area contributed by atoms with Crippen LogP contribution in [0.5, 0.6) is 0 Å². The smallest absolute Gasteiger partial charge is 0.244 e. The lowest BCUT2D eigenvalue weighted by atomic mass is 10.2. The number of amides is 1. The van der Waals surface area contributed by atoms with Crippen molar-refractivity contribution < 1.29 is 17.6 Å². The number of carbonyl (C=O) groups is 1. The summed E-state index contributed by atoms with van der Waals surface area (Å²) in [5.41, 5.74) is 1.46. The van der Waals surface area contributed by atoms with Crippen LogP contribution in [0.3, 0.4) is 0 Å². The lowest BCUT2D eigenvalue weighted by molar-refractivity contribution is -0.117. The average Bonchev–Trinajstić information content (AvgIpc) is 2.50. The molecular formula is C16H16BrFN2O3S. The summed E-state index contributed by atoms with van der Waals surface area (Å²) in [6.07, 6.45) is 0. The van der Waals surface area contributed by atoms with Crippen LogP contribution in [-0.4, -0.2) is 20.4 Å². The first-order chi connectivity index (χ1) is 11.2. The van der Waals surface area contributed by atoms with Gasteiger partial charge in [-0.1, -0.05) is 28.1 Å². The van der Waals surface area contributed by atoms with Crippen LogP contribution in [0.25, 0.3) is 0 Å². The Balaban J connectivity index is 2.11. The fraction of sp³-hybridized carbons (Fsp3) is 0.188. The molecule has 0 aromatic heterocycles. The quantitative estimate of drug-likeness (QED) is 0.788. The summed E-state index contributed by atoms with van der Waals surface area (Å²) in [6, 6.07) is 9.13. The zero-order valence-electron chi connectivity index (χ0n) is 13.0. The molecule has 1 atom stereocenters. The summed E-state index contributed by atoms with van der Waals surface area (Å²) in [5, 5.41) is 2.62. The normalized spacial score (nSPS) is 12.7. The van der Waals surface area contributed by atoms with Crippen molar-refractivity contribution in [2.45, 2.75) is 24.8 Å². The Hall–Kier alpha value is -1.77. The number of nitrogens with one attached hydrogen (secondary N) is 2. The molecular weight excluding hydrogens is 399 g/mol. The minimum Gasteiger partial charge on any atom is -0.325 e. The van der Waals surface area contributed by atoms with Gasteiger partial charge in [0.2, 0.25) is 15.9 Å². The molecule has 2 aromatic carbocycles. The van der Waals surface area contributed by atoms with E-state index in [1.807, 2.05) is 6.92 Å². The summed E-state index contributed by atoms with van der Waals surface area (Å²) in [6.45, 7) is 3.25. The van der Waals surface area contributed by atoms with Gasteiger partial charge in [-0.05, 0) is 49.7 Å². The number of halogens is 2. The molecule has 0 unspecified atom stereocenters. The Bertz CT molecular complexity index is 871. The molecule has 0 bridgehead atoms. The topological polar surface area (TPSA) is 75.3 Å². The number of hydrogen-bond donors (Lipinski definition) is 2. The molecule has 0 aliphatic heterocycles. The molecule has 2 rings (SSSR count). The maximum atomic E-state index is 13.6. The fourth-order valence-electron chi connectivity index (χ4n) is 1.99. The largest absolute Gasteiger partial charge is 0.325 e. The lowest BCUT2D eigenvalue weighted by Gasteiger charge is -2.15. The Morgan fingerprint density at radius 2 is 1.88 bits per heavy atom. The molecule has 0 fully saturated rings. The second-order valence-corrected chi connectivity index (χ2v) is 7.76. The van der Waals surface area contributed by atoms with Crippen LogP contribution in [0.15, 0.2) is 51.8 Å². The van der Waals surface area contributed by atoms with Gasteiger partial charge in [0.05, 0.1) is 6.04 Å². The van der Waals surface area contributed by atoms with Crippen LogP contribution in [0.1, 0.15) is 12.5 Å². The van der Waals surface area contributed by atoms with Gasteiger partial charge < -0.3 is 5.32 Å². The number of hydrogen-bond acceptors (Lipinski definition) is 3. The van der Waals surface area contributed by atoms with E-state index in [0.717, 1.165) is 22.2 Å². The van der Waals surface area contributed by atoms with E-state index in [1.54, 1.807) is 18.2 Å². The SMILES string of the molecule is Cc1cc(NC(=O)[C@H](C)NS(=O)(=O)c2ccccc2F)ccc1Br. The summed E-state index contributed by atoms with van der Waals surface area (Å²) in [7, 11) is -4.14. The molecule has 24 heavy (non-hydrogen) atoms. The van der Waals surface area contributed by atoms with Crippen molar-refractivity contribution in [1.29, 1.82) is 0 Å². The minimum atomic E-state index is -4.14. The van der Waals surface area contributed by atoms with E-state index in [2.05, 4.69) is 26.0 Å². The number of benzene rings is 2. The van der Waals surface area contributed by atoms with Gasteiger partial charge in [0, 0.05) is 10.2 Å². The van der Waals surface area contributed by atoms with Gasteiger partial charge in [-0.2, -0.15) is 4.72 Å². The maximum Gasteiger partial charge on any atom is 0.244 e. The molecule has 5 nitrogen and oxygen atoms in total. The van der Waals surface area contributed by atoms with Crippen molar-refractivity contribution in [3.8, 4) is 0 Å². The van der Waals surface area contributed by atoms with E-state index in [1.165, 1.54) is 19.1 Å². The first-order valence-corrected chi connectivity index (χ1v) is 9.32. The van der Waals surface area contributed by atoms with Gasteiger partial charge in [-0.25, -0.2) is 12.8 Å². The maximum absolute atomic E-state index is 13.6. The molecule has 1 amide bonds. The van der Waals surface area contributed by atoms with Crippen molar-refractivity contribution in [3.63, 3.8) is 0 Å². The van der Waals surface area contributed by atoms with Crippen molar-refractivity contribution in [2.75, 3.05) is 5.32 Å². The molecule has 0 heterocycles. The van der Waals surface area contributed by atoms with Crippen LogP contribution in [-0.2, 0) is 14.8 Å². The highest BCUT2D eigenvalue weighted by atomic mass is 79.9. The second-order valence-electron chi connectivity index (χ2n) is 5.23. The summed E-state index contributed by atoms with van der Waals surface area (Å²) in [5.74, 6) is -1.42. The van der Waals surface area contributed by atoms with Gasteiger partial charge >= 0.3 is 0 Å². The van der Waals surface area contributed by atoms with E-state index >= 15 is 0 Å². The highest BCUT2D eigenvalue weighted by Gasteiger charge is 2.24. The summed E-state index contributed by atoms with van der Waals surface area (Å²) < 4.78 is 41.1. The monoisotopic (exact) mass is 414 g/mol. The molecule has 8 heteroatoms. The second kappa shape index (κ2) is 7.42. The van der Waals surface area contributed by atoms with Crippen LogP contribution in [0.2, 0.25) is 0 Å². The van der Waals surface area contributed by atoms with Crippen LogP contribution in [0.4, 0.5) is 10.1 Å². The summed E-state index contributed by atoms with van der Waals surface area (Å²) >= 11 is 3.36. The third kappa shape index (κ3) is 4.40. The first-order valence-electron chi connectivity index (χ1n) is 7.04. The highest BCUT2D eigenvalue weighted by molar-refractivity contribution is 9.10. The zero-order chi connectivity index (χ0) is 17.9. The van der Waals surface area contributed by atoms with E-state index in [-0.39, 0.29) is 0 Å². The molecule has 0 saturated carbocycles. The van der Waals surface area contributed by atoms with Crippen LogP contribution >= 0.6 is 15.9 Å². The third-order valence-corrected chi connectivity index (χ3v) is 5.74. The Kier molecular flexibility index (Phi) is 5.74. The minimum absolute atomic E-state index is 0.496. The standard InChI is InChI=1S/C16H16BrFN2O3S/c1-10-9-12(7-8-13(10)17)19-16(21)11(2)20-24(22,23)15-6-4-3-5-14(15)18/h3-9,11,20H,1-2H3,(H,19,21)/t11-/m0/s1. The molecule has 0 aliphatic carbocycles. The van der Waals surface area contributed by atoms with E-state index < -0.39 is 32.7 Å². The fourth-order valence-corrected chi connectivity index (χ4v) is 3.51. The van der Waals surface area contributed by atoms with Gasteiger partial charge in [-0.3, -0.25) is 4.79 Å². The average molecular weight is 415 g/mol. The van der Waals surface area contributed by atoms with Crippen LogP contribution in [0, 0.1) is 12.7 Å². The molecule has 2 N–H and O–H groups in total. The molecule has 0 spiro atoms. The van der Waals surface area contributed by atoms with E-state index in [9.17, 15) is 17.6 Å². The number of carbonyl (C=O) groups excluding carboxylic acids is 1. The molecule has 128 valence electrons. The lowest BCUT2D eigenvalue weighted by Crippen LogP contribution is -2.41. The van der Waals surface area contributed by atoms with Gasteiger partial charge in [0.25, 0.3) is 0 Å².